The van der Waals surface area contributed by atoms with Crippen LogP contribution in [0.15, 0.2) is 54.6 Å². The molecule has 1 fully saturated rings. The van der Waals surface area contributed by atoms with Crippen LogP contribution >= 0.6 is 0 Å². The van der Waals surface area contributed by atoms with E-state index in [9.17, 15) is 9.59 Å². The summed E-state index contributed by atoms with van der Waals surface area (Å²) in [6.07, 6.45) is 1.66. The SMILES string of the molecule is CCOc1ccc(N2CC(CNC(=O)CCc3ccccc3)CC2=O)cc1. The van der Waals surface area contributed by atoms with Crippen molar-refractivity contribution in [1.82, 2.24) is 5.32 Å². The van der Waals surface area contributed by atoms with E-state index in [1.54, 1.807) is 4.90 Å². The van der Waals surface area contributed by atoms with Crippen LogP contribution in [0.1, 0.15) is 25.3 Å². The summed E-state index contributed by atoms with van der Waals surface area (Å²) < 4.78 is 5.44. The molecule has 1 heterocycles. The average Bonchev–Trinajstić information content (AvgIpc) is 3.07. The molecule has 1 aliphatic heterocycles. The van der Waals surface area contributed by atoms with Crippen molar-refractivity contribution in [2.75, 3.05) is 24.6 Å². The van der Waals surface area contributed by atoms with Crippen LogP contribution in [0.4, 0.5) is 5.69 Å². The lowest BCUT2D eigenvalue weighted by molar-refractivity contribution is -0.121. The van der Waals surface area contributed by atoms with E-state index in [0.29, 0.717) is 32.5 Å². The van der Waals surface area contributed by atoms with Crippen LogP contribution in [-0.4, -0.2) is 31.5 Å². The summed E-state index contributed by atoms with van der Waals surface area (Å²) in [5.74, 6) is 1.08. The van der Waals surface area contributed by atoms with E-state index >= 15 is 0 Å². The summed E-state index contributed by atoms with van der Waals surface area (Å²) in [4.78, 5) is 26.2. The molecule has 0 saturated carbocycles. The van der Waals surface area contributed by atoms with Gasteiger partial charge in [-0.15, -0.1) is 0 Å². The highest BCUT2D eigenvalue weighted by atomic mass is 16.5. The van der Waals surface area contributed by atoms with Crippen LogP contribution in [-0.2, 0) is 16.0 Å². The number of hydrogen-bond donors (Lipinski definition) is 1. The molecule has 0 radical (unpaired) electrons. The van der Waals surface area contributed by atoms with Gasteiger partial charge in [-0.1, -0.05) is 30.3 Å². The van der Waals surface area contributed by atoms with Crippen LogP contribution < -0.4 is 15.0 Å². The predicted octanol–water partition coefficient (Wildman–Crippen LogP) is 3.19. The van der Waals surface area contributed by atoms with E-state index in [1.165, 1.54) is 0 Å². The molecule has 0 aliphatic carbocycles. The summed E-state index contributed by atoms with van der Waals surface area (Å²) in [5.41, 5.74) is 2.03. The van der Waals surface area contributed by atoms with E-state index in [0.717, 1.165) is 23.4 Å². The number of carbonyl (C=O) groups excluding carboxylic acids is 2. The Bertz CT molecular complexity index is 759. The molecule has 0 bridgehead atoms. The molecule has 1 atom stereocenters. The van der Waals surface area contributed by atoms with Crippen LogP contribution in [0.3, 0.4) is 0 Å². The first kappa shape index (κ1) is 19.0. The Morgan fingerprint density at radius 1 is 1.15 bits per heavy atom. The summed E-state index contributed by atoms with van der Waals surface area (Å²) in [5, 5.41) is 2.98. The zero-order valence-electron chi connectivity index (χ0n) is 15.7. The molecule has 1 saturated heterocycles. The summed E-state index contributed by atoms with van der Waals surface area (Å²) in [6, 6.07) is 17.6. The number of aryl methyl sites for hydroxylation is 1. The zero-order chi connectivity index (χ0) is 19.1. The van der Waals surface area contributed by atoms with Gasteiger partial charge in [0.25, 0.3) is 0 Å². The average molecular weight is 366 g/mol. The molecule has 5 nitrogen and oxygen atoms in total. The van der Waals surface area contributed by atoms with Gasteiger partial charge in [-0.05, 0) is 43.2 Å². The lowest BCUT2D eigenvalue weighted by atomic mass is 10.1. The third kappa shape index (κ3) is 5.33. The molecular formula is C22H26N2O3. The summed E-state index contributed by atoms with van der Waals surface area (Å²) in [7, 11) is 0. The van der Waals surface area contributed by atoms with Crippen molar-refractivity contribution in [3.63, 3.8) is 0 Å². The van der Waals surface area contributed by atoms with Gasteiger partial charge in [0.1, 0.15) is 5.75 Å². The minimum absolute atomic E-state index is 0.0332. The number of amides is 2. The van der Waals surface area contributed by atoms with E-state index in [-0.39, 0.29) is 17.7 Å². The largest absolute Gasteiger partial charge is 0.494 e. The molecule has 2 amide bonds. The van der Waals surface area contributed by atoms with Crippen molar-refractivity contribution in [2.45, 2.75) is 26.2 Å². The first-order chi connectivity index (χ1) is 13.2. The minimum Gasteiger partial charge on any atom is -0.494 e. The fraction of sp³-hybridized carbons (Fsp3) is 0.364. The molecular weight excluding hydrogens is 340 g/mol. The predicted molar refractivity (Wildman–Crippen MR) is 106 cm³/mol. The molecule has 1 aliphatic rings. The smallest absolute Gasteiger partial charge is 0.227 e. The Morgan fingerprint density at radius 2 is 1.89 bits per heavy atom. The van der Waals surface area contributed by atoms with Crippen LogP contribution in [0.2, 0.25) is 0 Å². The number of hydrogen-bond acceptors (Lipinski definition) is 3. The second kappa shape index (κ2) is 9.21. The molecule has 2 aromatic carbocycles. The van der Waals surface area contributed by atoms with E-state index < -0.39 is 0 Å². The van der Waals surface area contributed by atoms with Gasteiger partial charge in [-0.25, -0.2) is 0 Å². The fourth-order valence-corrected chi connectivity index (χ4v) is 3.31. The molecule has 2 aromatic rings. The van der Waals surface area contributed by atoms with Gasteiger partial charge in [-0.2, -0.15) is 0 Å². The van der Waals surface area contributed by atoms with Crippen molar-refractivity contribution in [3.8, 4) is 5.75 Å². The molecule has 0 aromatic heterocycles. The second-order valence-electron chi connectivity index (χ2n) is 6.79. The van der Waals surface area contributed by atoms with Gasteiger partial charge in [0, 0.05) is 37.5 Å². The minimum atomic E-state index is 0.0332. The van der Waals surface area contributed by atoms with Crippen LogP contribution in [0.5, 0.6) is 5.75 Å². The van der Waals surface area contributed by atoms with Gasteiger partial charge < -0.3 is 15.0 Å². The number of nitrogens with zero attached hydrogens (tertiary/aromatic N) is 1. The molecule has 142 valence electrons. The first-order valence-electron chi connectivity index (χ1n) is 9.49. The highest BCUT2D eigenvalue weighted by molar-refractivity contribution is 5.95. The molecule has 3 rings (SSSR count). The summed E-state index contributed by atoms with van der Waals surface area (Å²) >= 11 is 0. The van der Waals surface area contributed by atoms with Gasteiger partial charge in [-0.3, -0.25) is 9.59 Å². The highest BCUT2D eigenvalue weighted by Crippen LogP contribution is 2.26. The van der Waals surface area contributed by atoms with Gasteiger partial charge >= 0.3 is 0 Å². The topological polar surface area (TPSA) is 58.6 Å². The van der Waals surface area contributed by atoms with Gasteiger partial charge in [0.05, 0.1) is 6.61 Å². The van der Waals surface area contributed by atoms with Crippen molar-refractivity contribution >= 4 is 17.5 Å². The number of benzene rings is 2. The van der Waals surface area contributed by atoms with Crippen LogP contribution in [0, 0.1) is 5.92 Å². The second-order valence-corrected chi connectivity index (χ2v) is 6.79. The van der Waals surface area contributed by atoms with E-state index in [2.05, 4.69) is 5.32 Å². The first-order valence-corrected chi connectivity index (χ1v) is 9.49. The number of anilines is 1. The Kier molecular flexibility index (Phi) is 6.47. The van der Waals surface area contributed by atoms with Gasteiger partial charge in [0.2, 0.25) is 11.8 Å². The number of carbonyl (C=O) groups is 2. The fourth-order valence-electron chi connectivity index (χ4n) is 3.31. The van der Waals surface area contributed by atoms with Gasteiger partial charge in [0.15, 0.2) is 0 Å². The van der Waals surface area contributed by atoms with Crippen molar-refractivity contribution < 1.29 is 14.3 Å². The Morgan fingerprint density at radius 3 is 2.59 bits per heavy atom. The Balaban J connectivity index is 1.45. The monoisotopic (exact) mass is 366 g/mol. The maximum absolute atomic E-state index is 12.3. The lowest BCUT2D eigenvalue weighted by Gasteiger charge is -2.17. The van der Waals surface area contributed by atoms with Crippen molar-refractivity contribution in [3.05, 3.63) is 60.2 Å². The molecule has 0 spiro atoms. The number of nitrogens with one attached hydrogen (secondary N) is 1. The number of rotatable bonds is 8. The zero-order valence-corrected chi connectivity index (χ0v) is 15.7. The van der Waals surface area contributed by atoms with Crippen molar-refractivity contribution in [2.24, 2.45) is 5.92 Å². The Labute approximate surface area is 160 Å². The lowest BCUT2D eigenvalue weighted by Crippen LogP contribution is -2.31. The normalized spacial score (nSPS) is 16.4. The van der Waals surface area contributed by atoms with E-state index in [4.69, 9.17) is 4.74 Å². The third-order valence-electron chi connectivity index (χ3n) is 4.74. The van der Waals surface area contributed by atoms with Crippen molar-refractivity contribution in [1.29, 1.82) is 0 Å². The van der Waals surface area contributed by atoms with E-state index in [1.807, 2.05) is 61.5 Å². The van der Waals surface area contributed by atoms with Crippen LogP contribution in [0.25, 0.3) is 0 Å². The standard InChI is InChI=1S/C22H26N2O3/c1-2-27-20-11-9-19(10-12-20)24-16-18(14-22(24)26)15-23-21(25)13-8-17-6-4-3-5-7-17/h3-7,9-12,18H,2,8,13-16H2,1H3,(H,23,25). The number of ether oxygens (including phenoxy) is 1. The molecule has 5 heteroatoms. The maximum atomic E-state index is 12.3. The molecule has 1 unspecified atom stereocenters. The molecule has 1 N–H and O–H groups in total. The highest BCUT2D eigenvalue weighted by Gasteiger charge is 2.30. The Hall–Kier alpha value is -2.82. The third-order valence-corrected chi connectivity index (χ3v) is 4.74. The quantitative estimate of drug-likeness (QED) is 0.781. The molecule has 27 heavy (non-hydrogen) atoms. The maximum Gasteiger partial charge on any atom is 0.227 e. The summed E-state index contributed by atoms with van der Waals surface area (Å²) in [6.45, 7) is 3.73.